The molecule has 25 heavy (non-hydrogen) atoms. The Morgan fingerprint density at radius 2 is 2.12 bits per heavy atom. The molecular formula is C16H26N4O4S. The number of sulfonamides is 1. The Morgan fingerprint density at radius 3 is 2.72 bits per heavy atom. The molecule has 0 spiro atoms. The lowest BCUT2D eigenvalue weighted by molar-refractivity contribution is -0.126. The maximum atomic E-state index is 12.6. The van der Waals surface area contributed by atoms with Crippen LogP contribution in [0.3, 0.4) is 0 Å². The van der Waals surface area contributed by atoms with Crippen LogP contribution < -0.4 is 5.32 Å². The number of ether oxygens (including phenoxy) is 1. The van der Waals surface area contributed by atoms with Gasteiger partial charge in [0.05, 0.1) is 12.4 Å². The first-order chi connectivity index (χ1) is 12.0. The standard InChI is InChI=1S/C16H26N4O4S/c1-2-19-11-15(18-12-19)25(22,23)20-7-5-13(6-8-20)16(21)17-10-14-4-3-9-24-14/h11-14H,2-10H2,1H3,(H,17,21)/t14-/m0/s1. The van der Waals surface area contributed by atoms with Crippen LogP contribution in [-0.2, 0) is 26.1 Å². The van der Waals surface area contributed by atoms with Crippen LogP contribution in [-0.4, -0.2) is 60.5 Å². The SMILES string of the molecule is CCn1cnc(S(=O)(=O)N2CCC(C(=O)NC[C@@H]3CCCO3)CC2)c1. The number of carbonyl (C=O) groups is 1. The molecule has 1 N–H and O–H groups in total. The van der Waals surface area contributed by atoms with Crippen LogP contribution >= 0.6 is 0 Å². The number of amides is 1. The molecule has 3 rings (SSSR count). The molecule has 1 aromatic heterocycles. The second-order valence-corrected chi connectivity index (χ2v) is 8.49. The summed E-state index contributed by atoms with van der Waals surface area (Å²) in [7, 11) is -3.58. The van der Waals surface area contributed by atoms with E-state index in [2.05, 4.69) is 10.3 Å². The number of rotatable bonds is 6. The molecule has 8 nitrogen and oxygen atoms in total. The Kier molecular flexibility index (Phi) is 5.75. The van der Waals surface area contributed by atoms with Gasteiger partial charge in [-0.05, 0) is 32.6 Å². The van der Waals surface area contributed by atoms with E-state index in [9.17, 15) is 13.2 Å². The maximum Gasteiger partial charge on any atom is 0.262 e. The summed E-state index contributed by atoms with van der Waals surface area (Å²) in [5, 5.41) is 3.02. The number of aromatic nitrogens is 2. The molecule has 0 saturated carbocycles. The van der Waals surface area contributed by atoms with Crippen molar-refractivity contribution >= 4 is 15.9 Å². The van der Waals surface area contributed by atoms with Gasteiger partial charge in [0.15, 0.2) is 5.03 Å². The largest absolute Gasteiger partial charge is 0.376 e. The number of hydrogen-bond acceptors (Lipinski definition) is 5. The molecule has 1 atom stereocenters. The van der Waals surface area contributed by atoms with Crippen molar-refractivity contribution in [3.8, 4) is 0 Å². The molecule has 3 heterocycles. The number of aryl methyl sites for hydroxylation is 1. The summed E-state index contributed by atoms with van der Waals surface area (Å²) in [4.78, 5) is 16.3. The molecule has 140 valence electrons. The number of nitrogens with one attached hydrogen (secondary N) is 1. The quantitative estimate of drug-likeness (QED) is 0.791. The van der Waals surface area contributed by atoms with Gasteiger partial charge in [0, 0.05) is 44.9 Å². The van der Waals surface area contributed by atoms with Crippen molar-refractivity contribution in [1.29, 1.82) is 0 Å². The highest BCUT2D eigenvalue weighted by atomic mass is 32.2. The third-order valence-electron chi connectivity index (χ3n) is 4.93. The second kappa shape index (κ2) is 7.84. The molecule has 0 radical (unpaired) electrons. The molecule has 0 aliphatic carbocycles. The third-order valence-corrected chi connectivity index (χ3v) is 6.72. The van der Waals surface area contributed by atoms with Gasteiger partial charge >= 0.3 is 0 Å². The van der Waals surface area contributed by atoms with Crippen LogP contribution in [0.5, 0.6) is 0 Å². The summed E-state index contributed by atoms with van der Waals surface area (Å²) in [6.45, 7) is 4.61. The lowest BCUT2D eigenvalue weighted by atomic mass is 9.97. The molecule has 0 aromatic carbocycles. The molecule has 0 bridgehead atoms. The van der Waals surface area contributed by atoms with E-state index in [1.807, 2.05) is 6.92 Å². The first-order valence-electron chi connectivity index (χ1n) is 8.92. The van der Waals surface area contributed by atoms with Crippen LogP contribution in [0.25, 0.3) is 0 Å². The van der Waals surface area contributed by atoms with Crippen LogP contribution in [0, 0.1) is 5.92 Å². The first kappa shape index (κ1) is 18.3. The predicted molar refractivity (Wildman–Crippen MR) is 91.4 cm³/mol. The van der Waals surface area contributed by atoms with E-state index >= 15 is 0 Å². The first-order valence-corrected chi connectivity index (χ1v) is 10.4. The van der Waals surface area contributed by atoms with Gasteiger partial charge in [-0.3, -0.25) is 4.79 Å². The highest BCUT2D eigenvalue weighted by Gasteiger charge is 2.33. The Morgan fingerprint density at radius 1 is 1.36 bits per heavy atom. The molecular weight excluding hydrogens is 344 g/mol. The summed E-state index contributed by atoms with van der Waals surface area (Å²) < 4.78 is 33.9. The van der Waals surface area contributed by atoms with Crippen molar-refractivity contribution in [2.75, 3.05) is 26.2 Å². The summed E-state index contributed by atoms with van der Waals surface area (Å²) in [6, 6.07) is 0. The van der Waals surface area contributed by atoms with E-state index in [1.165, 1.54) is 10.6 Å². The van der Waals surface area contributed by atoms with Crippen molar-refractivity contribution in [3.63, 3.8) is 0 Å². The fourth-order valence-electron chi connectivity index (χ4n) is 3.30. The van der Waals surface area contributed by atoms with Crippen LogP contribution in [0.2, 0.25) is 0 Å². The van der Waals surface area contributed by atoms with Gasteiger partial charge in [-0.15, -0.1) is 0 Å². The van der Waals surface area contributed by atoms with Gasteiger partial charge in [0.1, 0.15) is 0 Å². The number of carbonyl (C=O) groups excluding carboxylic acids is 1. The average molecular weight is 370 g/mol. The van der Waals surface area contributed by atoms with Crippen molar-refractivity contribution in [1.82, 2.24) is 19.2 Å². The normalized spacial score (nSPS) is 23.0. The minimum absolute atomic E-state index is 0.00260. The molecule has 2 saturated heterocycles. The molecule has 2 aliphatic heterocycles. The molecule has 1 aromatic rings. The van der Waals surface area contributed by atoms with Crippen LogP contribution in [0.1, 0.15) is 32.6 Å². The summed E-state index contributed by atoms with van der Waals surface area (Å²) in [6.07, 6.45) is 6.30. The van der Waals surface area contributed by atoms with Crippen molar-refractivity contribution in [2.45, 2.75) is 50.3 Å². The third kappa shape index (κ3) is 4.21. The maximum absolute atomic E-state index is 12.6. The van der Waals surface area contributed by atoms with Gasteiger partial charge in [0.2, 0.25) is 5.91 Å². The van der Waals surface area contributed by atoms with E-state index in [-0.39, 0.29) is 23.0 Å². The minimum Gasteiger partial charge on any atom is -0.376 e. The Balaban J connectivity index is 1.51. The summed E-state index contributed by atoms with van der Waals surface area (Å²) >= 11 is 0. The number of imidazole rings is 1. The Hall–Kier alpha value is -1.45. The Labute approximate surface area is 148 Å². The van der Waals surface area contributed by atoms with Crippen LogP contribution in [0.15, 0.2) is 17.6 Å². The van der Waals surface area contributed by atoms with Crippen molar-refractivity contribution in [2.24, 2.45) is 5.92 Å². The molecule has 0 unspecified atom stereocenters. The van der Waals surface area contributed by atoms with E-state index < -0.39 is 10.0 Å². The molecule has 2 fully saturated rings. The number of nitrogens with zero attached hydrogens (tertiary/aromatic N) is 3. The highest BCUT2D eigenvalue weighted by molar-refractivity contribution is 7.89. The predicted octanol–water partition coefficient (Wildman–Crippen LogP) is 0.599. The molecule has 9 heteroatoms. The van der Waals surface area contributed by atoms with Gasteiger partial charge in [-0.25, -0.2) is 13.4 Å². The zero-order chi connectivity index (χ0) is 17.9. The highest BCUT2D eigenvalue weighted by Crippen LogP contribution is 2.23. The monoisotopic (exact) mass is 370 g/mol. The van der Waals surface area contributed by atoms with Gasteiger partial charge in [-0.2, -0.15) is 4.31 Å². The zero-order valence-electron chi connectivity index (χ0n) is 14.6. The van der Waals surface area contributed by atoms with Crippen molar-refractivity contribution in [3.05, 3.63) is 12.5 Å². The smallest absolute Gasteiger partial charge is 0.262 e. The van der Waals surface area contributed by atoms with E-state index in [4.69, 9.17) is 4.74 Å². The molecule has 2 aliphatic rings. The van der Waals surface area contributed by atoms with Gasteiger partial charge < -0.3 is 14.6 Å². The number of piperidine rings is 1. The summed E-state index contributed by atoms with van der Waals surface area (Å²) in [5.74, 6) is -0.135. The van der Waals surface area contributed by atoms with Gasteiger partial charge in [-0.1, -0.05) is 0 Å². The van der Waals surface area contributed by atoms with E-state index in [0.717, 1.165) is 19.4 Å². The van der Waals surface area contributed by atoms with E-state index in [1.54, 1.807) is 10.8 Å². The Bertz CT molecular complexity index is 689. The van der Waals surface area contributed by atoms with Crippen molar-refractivity contribution < 1.29 is 17.9 Å². The summed E-state index contributed by atoms with van der Waals surface area (Å²) in [5.41, 5.74) is 0. The lowest BCUT2D eigenvalue weighted by Gasteiger charge is -2.30. The van der Waals surface area contributed by atoms with E-state index in [0.29, 0.717) is 39.0 Å². The number of hydrogen-bond donors (Lipinski definition) is 1. The minimum atomic E-state index is -3.58. The molecule has 1 amide bonds. The lowest BCUT2D eigenvalue weighted by Crippen LogP contribution is -2.44. The topological polar surface area (TPSA) is 93.5 Å². The average Bonchev–Trinajstić information content (AvgIpc) is 3.31. The fourth-order valence-corrected chi connectivity index (χ4v) is 4.71. The second-order valence-electron chi connectivity index (χ2n) is 6.60. The van der Waals surface area contributed by atoms with Crippen LogP contribution in [0.4, 0.5) is 0 Å². The fraction of sp³-hybridized carbons (Fsp3) is 0.750. The van der Waals surface area contributed by atoms with Gasteiger partial charge in [0.25, 0.3) is 10.0 Å². The zero-order valence-corrected chi connectivity index (χ0v) is 15.4.